The molecule has 2 atom stereocenters. The Morgan fingerprint density at radius 3 is 2.72 bits per heavy atom. The van der Waals surface area contributed by atoms with E-state index in [-0.39, 0.29) is 12.6 Å². The Morgan fingerprint density at radius 2 is 1.97 bits per heavy atom. The zero-order valence-electron chi connectivity index (χ0n) is 17.1. The van der Waals surface area contributed by atoms with Crippen LogP contribution in [0.25, 0.3) is 33.4 Å². The van der Waals surface area contributed by atoms with E-state index in [9.17, 15) is 10.2 Å². The van der Waals surface area contributed by atoms with Crippen molar-refractivity contribution in [2.24, 2.45) is 0 Å². The van der Waals surface area contributed by atoms with E-state index < -0.39 is 6.10 Å². The number of fused-ring (bicyclic) bond motifs is 1. The number of benzene rings is 1. The van der Waals surface area contributed by atoms with Gasteiger partial charge in [0.15, 0.2) is 5.65 Å². The first-order chi connectivity index (χ1) is 15.5. The molecule has 0 spiro atoms. The number of β-amino-alcohol motifs (C(OH)–C–C–N with tert-alkyl or cyclic N) is 1. The number of rotatable bonds is 4. The molecular formula is C23H21BrN6O2. The molecule has 0 unspecified atom stereocenters. The van der Waals surface area contributed by atoms with E-state index in [1.165, 1.54) is 6.33 Å². The average Bonchev–Trinajstić information content (AvgIpc) is 3.19. The fraction of sp³-hybridized carbons (Fsp3) is 0.217. The molecule has 4 heterocycles. The summed E-state index contributed by atoms with van der Waals surface area (Å²) in [6.07, 6.45) is 3.23. The molecule has 0 radical (unpaired) electrons. The summed E-state index contributed by atoms with van der Waals surface area (Å²) in [6, 6.07) is 13.6. The van der Waals surface area contributed by atoms with E-state index in [0.717, 1.165) is 21.2 Å². The van der Waals surface area contributed by atoms with E-state index in [1.807, 2.05) is 47.4 Å². The summed E-state index contributed by atoms with van der Waals surface area (Å²) in [7, 11) is 0. The number of nitrogen functional groups attached to an aromatic ring is 1. The molecule has 1 aliphatic heterocycles. The van der Waals surface area contributed by atoms with Crippen molar-refractivity contribution in [3.05, 3.63) is 59.5 Å². The van der Waals surface area contributed by atoms with Gasteiger partial charge in [0.05, 0.1) is 29.8 Å². The van der Waals surface area contributed by atoms with Crippen LogP contribution in [0, 0.1) is 0 Å². The van der Waals surface area contributed by atoms with Gasteiger partial charge in [-0.1, -0.05) is 28.1 Å². The molecule has 8 nitrogen and oxygen atoms in total. The van der Waals surface area contributed by atoms with Crippen LogP contribution in [0.15, 0.2) is 59.5 Å². The van der Waals surface area contributed by atoms with Gasteiger partial charge >= 0.3 is 0 Å². The summed E-state index contributed by atoms with van der Waals surface area (Å²) in [6.45, 7) is 0.429. The van der Waals surface area contributed by atoms with Crippen molar-refractivity contribution >= 4 is 38.6 Å². The topological polar surface area (TPSA) is 121 Å². The van der Waals surface area contributed by atoms with Crippen LogP contribution >= 0.6 is 15.9 Å². The van der Waals surface area contributed by atoms with Gasteiger partial charge in [0.1, 0.15) is 18.0 Å². The highest BCUT2D eigenvalue weighted by molar-refractivity contribution is 9.10. The predicted octanol–water partition coefficient (Wildman–Crippen LogP) is 3.03. The minimum atomic E-state index is -0.464. The number of anilines is 2. The zero-order valence-corrected chi connectivity index (χ0v) is 18.6. The number of aromatic nitrogens is 4. The van der Waals surface area contributed by atoms with Crippen LogP contribution in [0.4, 0.5) is 11.6 Å². The number of nitrogens with two attached hydrogens (primary N) is 1. The summed E-state index contributed by atoms with van der Waals surface area (Å²) in [5.74, 6) is 1.09. The maximum atomic E-state index is 9.96. The molecule has 0 aliphatic carbocycles. The molecule has 1 aromatic carbocycles. The molecule has 162 valence electrons. The largest absolute Gasteiger partial charge is 0.394 e. The first-order valence-electron chi connectivity index (χ1n) is 10.2. The quantitative estimate of drug-likeness (QED) is 0.397. The van der Waals surface area contributed by atoms with Crippen LogP contribution in [-0.4, -0.2) is 55.4 Å². The third-order valence-electron chi connectivity index (χ3n) is 5.71. The lowest BCUT2D eigenvalue weighted by atomic mass is 10.0. The maximum Gasteiger partial charge on any atom is 0.165 e. The van der Waals surface area contributed by atoms with E-state index in [4.69, 9.17) is 10.7 Å². The SMILES string of the molecule is Nc1ncnc2nc(-c3ccc(N4C[C@@H](O)C[C@@H]4CO)nc3)cc(-c3cccc(Br)c3)c12. The first-order valence-corrected chi connectivity index (χ1v) is 11.0. The molecule has 5 rings (SSSR count). The molecule has 1 aliphatic rings. The molecule has 4 N–H and O–H groups in total. The zero-order chi connectivity index (χ0) is 22.2. The second-order valence-corrected chi connectivity index (χ2v) is 8.72. The molecule has 32 heavy (non-hydrogen) atoms. The van der Waals surface area contributed by atoms with Crippen LogP contribution in [0.3, 0.4) is 0 Å². The lowest BCUT2D eigenvalue weighted by Crippen LogP contribution is -2.32. The molecule has 1 fully saturated rings. The van der Waals surface area contributed by atoms with Gasteiger partial charge in [-0.05, 0) is 47.9 Å². The molecule has 0 bridgehead atoms. The van der Waals surface area contributed by atoms with E-state index in [2.05, 4.69) is 30.9 Å². The van der Waals surface area contributed by atoms with Gasteiger partial charge in [-0.25, -0.2) is 19.9 Å². The average molecular weight is 493 g/mol. The Labute approximate surface area is 192 Å². The summed E-state index contributed by atoms with van der Waals surface area (Å²) in [4.78, 5) is 19.7. The fourth-order valence-corrected chi connectivity index (χ4v) is 4.57. The smallest absolute Gasteiger partial charge is 0.165 e. The van der Waals surface area contributed by atoms with Crippen LogP contribution in [0.2, 0.25) is 0 Å². The van der Waals surface area contributed by atoms with Crippen molar-refractivity contribution in [1.29, 1.82) is 0 Å². The Kier molecular flexibility index (Phi) is 5.46. The highest BCUT2D eigenvalue weighted by Crippen LogP contribution is 2.35. The van der Waals surface area contributed by atoms with E-state index in [0.29, 0.717) is 41.3 Å². The van der Waals surface area contributed by atoms with Gasteiger partial charge in [0.25, 0.3) is 0 Å². The number of aliphatic hydroxyl groups is 2. The summed E-state index contributed by atoms with van der Waals surface area (Å²) < 4.78 is 0.953. The predicted molar refractivity (Wildman–Crippen MR) is 127 cm³/mol. The number of pyridine rings is 2. The van der Waals surface area contributed by atoms with Gasteiger partial charge in [0, 0.05) is 22.8 Å². The fourth-order valence-electron chi connectivity index (χ4n) is 4.17. The van der Waals surface area contributed by atoms with Crippen molar-refractivity contribution in [2.75, 3.05) is 23.8 Å². The van der Waals surface area contributed by atoms with Crippen molar-refractivity contribution < 1.29 is 10.2 Å². The summed E-state index contributed by atoms with van der Waals surface area (Å²) in [5.41, 5.74) is 10.1. The summed E-state index contributed by atoms with van der Waals surface area (Å²) >= 11 is 3.53. The van der Waals surface area contributed by atoms with E-state index in [1.54, 1.807) is 6.20 Å². The van der Waals surface area contributed by atoms with E-state index >= 15 is 0 Å². The second-order valence-electron chi connectivity index (χ2n) is 7.81. The van der Waals surface area contributed by atoms with Crippen LogP contribution in [-0.2, 0) is 0 Å². The molecule has 3 aromatic heterocycles. The number of nitrogens with zero attached hydrogens (tertiary/aromatic N) is 5. The van der Waals surface area contributed by atoms with Crippen LogP contribution in [0.1, 0.15) is 6.42 Å². The van der Waals surface area contributed by atoms with Crippen LogP contribution in [0.5, 0.6) is 0 Å². The lowest BCUT2D eigenvalue weighted by Gasteiger charge is -2.23. The number of halogens is 1. The van der Waals surface area contributed by atoms with Gasteiger partial charge in [-0.2, -0.15) is 0 Å². The molecule has 4 aromatic rings. The highest BCUT2D eigenvalue weighted by atomic mass is 79.9. The number of hydrogen-bond donors (Lipinski definition) is 3. The second kappa shape index (κ2) is 8.42. The standard InChI is InChI=1S/C23H21BrN6O2/c24-15-3-1-2-13(6-15)18-8-19(29-23-21(18)22(25)27-12-28-23)14-4-5-20(26-9-14)30-10-17(32)7-16(30)11-31/h1-6,8-9,12,16-17,31-32H,7,10-11H2,(H2,25,27,28,29)/t16-,17+/m1/s1. The maximum absolute atomic E-state index is 9.96. The minimum absolute atomic E-state index is 0.0240. The number of aliphatic hydroxyl groups excluding tert-OH is 2. The van der Waals surface area contributed by atoms with Crippen LogP contribution < -0.4 is 10.6 Å². The highest BCUT2D eigenvalue weighted by Gasteiger charge is 2.31. The van der Waals surface area contributed by atoms with Gasteiger partial charge in [-0.15, -0.1) is 0 Å². The Bertz CT molecular complexity index is 1280. The third-order valence-corrected chi connectivity index (χ3v) is 6.20. The van der Waals surface area contributed by atoms with Gasteiger partial charge in [0.2, 0.25) is 0 Å². The van der Waals surface area contributed by atoms with Crippen molar-refractivity contribution in [3.63, 3.8) is 0 Å². The molecule has 9 heteroatoms. The Balaban J connectivity index is 1.59. The monoisotopic (exact) mass is 492 g/mol. The number of hydrogen-bond acceptors (Lipinski definition) is 8. The third kappa shape index (κ3) is 3.79. The van der Waals surface area contributed by atoms with Gasteiger partial charge < -0.3 is 20.8 Å². The lowest BCUT2D eigenvalue weighted by molar-refractivity contribution is 0.184. The molecule has 0 amide bonds. The Morgan fingerprint density at radius 1 is 1.09 bits per heavy atom. The first kappa shape index (κ1) is 20.7. The van der Waals surface area contributed by atoms with Crippen molar-refractivity contribution in [3.8, 4) is 22.4 Å². The normalized spacial score (nSPS) is 18.4. The minimum Gasteiger partial charge on any atom is -0.394 e. The Hall–Kier alpha value is -3.14. The van der Waals surface area contributed by atoms with Gasteiger partial charge in [-0.3, -0.25) is 0 Å². The molecule has 1 saturated heterocycles. The summed E-state index contributed by atoms with van der Waals surface area (Å²) in [5, 5.41) is 20.3. The van der Waals surface area contributed by atoms with Crippen molar-refractivity contribution in [2.45, 2.75) is 18.6 Å². The molecular weight excluding hydrogens is 472 g/mol. The molecule has 0 saturated carbocycles. The van der Waals surface area contributed by atoms with Crippen molar-refractivity contribution in [1.82, 2.24) is 19.9 Å².